The molecule has 1 saturated carbocycles. The van der Waals surface area contributed by atoms with Gasteiger partial charge in [0.1, 0.15) is 5.82 Å². The van der Waals surface area contributed by atoms with Crippen LogP contribution in [-0.4, -0.2) is 44.0 Å². The van der Waals surface area contributed by atoms with E-state index in [1.807, 2.05) is 4.57 Å². The molecule has 0 bridgehead atoms. The van der Waals surface area contributed by atoms with Gasteiger partial charge in [0.25, 0.3) is 0 Å². The zero-order valence-electron chi connectivity index (χ0n) is 15.0. The number of ether oxygens (including phenoxy) is 1. The summed E-state index contributed by atoms with van der Waals surface area (Å²) < 4.78 is 6.91. The highest BCUT2D eigenvalue weighted by Crippen LogP contribution is 2.40. The Morgan fingerprint density at radius 3 is 3.00 bits per heavy atom. The van der Waals surface area contributed by atoms with E-state index in [1.165, 1.54) is 23.1 Å². The number of carbonyl (C=O) groups excluding carboxylic acids is 2. The van der Waals surface area contributed by atoms with Gasteiger partial charge in [-0.1, -0.05) is 17.8 Å². The van der Waals surface area contributed by atoms with E-state index in [0.717, 1.165) is 18.7 Å². The lowest BCUT2D eigenvalue weighted by Crippen LogP contribution is -2.15. The van der Waals surface area contributed by atoms with Crippen molar-refractivity contribution >= 4 is 40.1 Å². The van der Waals surface area contributed by atoms with Crippen molar-refractivity contribution in [2.45, 2.75) is 43.8 Å². The summed E-state index contributed by atoms with van der Waals surface area (Å²) in [4.78, 5) is 27.9. The van der Waals surface area contributed by atoms with Gasteiger partial charge in [0.15, 0.2) is 10.3 Å². The number of anilines is 1. The van der Waals surface area contributed by atoms with E-state index in [-0.39, 0.29) is 24.1 Å². The maximum absolute atomic E-state index is 12.2. The standard InChI is InChI=1S/C17H21N5O3S2/c1-3-7-22-15(11-5-6-11)20-21-17(22)27-10-13(23)19-16-18-12(9-26-16)8-14(24)25-4-2/h3,9,11H,1,4-8,10H2,2H3,(H,18,19,23). The number of carbonyl (C=O) groups is 2. The number of thioether (sulfide) groups is 1. The van der Waals surface area contributed by atoms with Crippen LogP contribution in [0.15, 0.2) is 23.2 Å². The first-order chi connectivity index (χ1) is 13.1. The molecule has 1 N–H and O–H groups in total. The van der Waals surface area contributed by atoms with Crippen molar-refractivity contribution < 1.29 is 14.3 Å². The molecule has 2 heterocycles. The van der Waals surface area contributed by atoms with Crippen molar-refractivity contribution in [1.82, 2.24) is 19.7 Å². The Kier molecular flexibility index (Phi) is 6.62. The Bertz CT molecular complexity index is 828. The molecule has 0 spiro atoms. The fourth-order valence-electron chi connectivity index (χ4n) is 2.44. The number of allylic oxidation sites excluding steroid dienone is 1. The number of amides is 1. The van der Waals surface area contributed by atoms with E-state index in [1.54, 1.807) is 18.4 Å². The molecule has 0 saturated heterocycles. The smallest absolute Gasteiger partial charge is 0.311 e. The molecule has 0 aromatic carbocycles. The SMILES string of the molecule is C=CCn1c(SCC(=O)Nc2nc(CC(=O)OCC)cs2)nnc1C1CC1. The minimum Gasteiger partial charge on any atom is -0.466 e. The van der Waals surface area contributed by atoms with Gasteiger partial charge in [0.2, 0.25) is 5.91 Å². The first-order valence-corrected chi connectivity index (χ1v) is 10.5. The number of rotatable bonds is 10. The van der Waals surface area contributed by atoms with Gasteiger partial charge in [-0.25, -0.2) is 4.98 Å². The quantitative estimate of drug-likeness (QED) is 0.367. The van der Waals surface area contributed by atoms with Crippen LogP contribution in [0, 0.1) is 0 Å². The van der Waals surface area contributed by atoms with Gasteiger partial charge in [-0.2, -0.15) is 0 Å². The molecule has 144 valence electrons. The van der Waals surface area contributed by atoms with Crippen molar-refractivity contribution in [1.29, 1.82) is 0 Å². The number of hydrogen-bond acceptors (Lipinski definition) is 8. The van der Waals surface area contributed by atoms with E-state index >= 15 is 0 Å². The molecule has 0 aliphatic heterocycles. The van der Waals surface area contributed by atoms with E-state index in [2.05, 4.69) is 27.1 Å². The molecular weight excluding hydrogens is 386 g/mol. The summed E-state index contributed by atoms with van der Waals surface area (Å²) in [5.41, 5.74) is 0.584. The zero-order valence-corrected chi connectivity index (χ0v) is 16.6. The second-order valence-corrected chi connectivity index (χ2v) is 7.78. The average molecular weight is 408 g/mol. The number of esters is 1. The van der Waals surface area contributed by atoms with Crippen LogP contribution in [0.4, 0.5) is 5.13 Å². The maximum atomic E-state index is 12.2. The lowest BCUT2D eigenvalue weighted by Gasteiger charge is -2.06. The number of thiazole rings is 1. The summed E-state index contributed by atoms with van der Waals surface area (Å²) >= 11 is 2.62. The zero-order chi connectivity index (χ0) is 19.2. The largest absolute Gasteiger partial charge is 0.466 e. The number of aromatic nitrogens is 4. The third kappa shape index (κ3) is 5.39. The highest BCUT2D eigenvalue weighted by atomic mass is 32.2. The highest BCUT2D eigenvalue weighted by molar-refractivity contribution is 7.99. The molecule has 0 radical (unpaired) electrons. The first-order valence-electron chi connectivity index (χ1n) is 8.67. The summed E-state index contributed by atoms with van der Waals surface area (Å²) in [6.45, 7) is 6.50. The predicted octanol–water partition coefficient (Wildman–Crippen LogP) is 2.63. The third-order valence-electron chi connectivity index (χ3n) is 3.76. The molecule has 3 rings (SSSR count). The Morgan fingerprint density at radius 1 is 1.48 bits per heavy atom. The second-order valence-electron chi connectivity index (χ2n) is 5.98. The topological polar surface area (TPSA) is 99.0 Å². The summed E-state index contributed by atoms with van der Waals surface area (Å²) in [5, 5.41) is 14.1. The van der Waals surface area contributed by atoms with Crippen LogP contribution in [0.3, 0.4) is 0 Å². The van der Waals surface area contributed by atoms with Crippen molar-refractivity contribution in [3.05, 3.63) is 29.6 Å². The Labute approximate surface area is 165 Å². The molecule has 27 heavy (non-hydrogen) atoms. The average Bonchev–Trinajstić information content (AvgIpc) is 3.26. The second kappa shape index (κ2) is 9.14. The van der Waals surface area contributed by atoms with Crippen molar-refractivity contribution in [2.24, 2.45) is 0 Å². The lowest BCUT2D eigenvalue weighted by atomic mass is 10.3. The molecule has 1 amide bonds. The molecular formula is C17H21N5O3S2. The van der Waals surface area contributed by atoms with Crippen molar-refractivity contribution in [3.8, 4) is 0 Å². The van der Waals surface area contributed by atoms with Crippen LogP contribution in [0.5, 0.6) is 0 Å². The monoisotopic (exact) mass is 407 g/mol. The van der Waals surface area contributed by atoms with Gasteiger partial charge in [-0.15, -0.1) is 28.1 Å². The fourth-order valence-corrected chi connectivity index (χ4v) is 3.92. The van der Waals surface area contributed by atoms with Crippen LogP contribution in [0.2, 0.25) is 0 Å². The molecule has 10 heteroatoms. The van der Waals surface area contributed by atoms with Crippen molar-refractivity contribution in [2.75, 3.05) is 17.7 Å². The van der Waals surface area contributed by atoms with Gasteiger partial charge in [0.05, 0.1) is 24.5 Å². The molecule has 8 nitrogen and oxygen atoms in total. The molecule has 1 fully saturated rings. The van der Waals surface area contributed by atoms with Crippen molar-refractivity contribution in [3.63, 3.8) is 0 Å². The Morgan fingerprint density at radius 2 is 2.30 bits per heavy atom. The van der Waals surface area contributed by atoms with Gasteiger partial charge in [0, 0.05) is 17.8 Å². The normalized spacial score (nSPS) is 13.4. The van der Waals surface area contributed by atoms with Crippen LogP contribution in [0.1, 0.15) is 37.2 Å². The van der Waals surface area contributed by atoms with E-state index in [0.29, 0.717) is 35.1 Å². The predicted molar refractivity (Wildman–Crippen MR) is 104 cm³/mol. The summed E-state index contributed by atoms with van der Waals surface area (Å²) in [6.07, 6.45) is 4.18. The number of hydrogen-bond donors (Lipinski definition) is 1. The van der Waals surface area contributed by atoms with Crippen LogP contribution >= 0.6 is 23.1 Å². The molecule has 1 aliphatic carbocycles. The molecule has 2 aromatic rings. The van der Waals surface area contributed by atoms with E-state index in [4.69, 9.17) is 4.74 Å². The van der Waals surface area contributed by atoms with Crippen LogP contribution < -0.4 is 5.32 Å². The summed E-state index contributed by atoms with van der Waals surface area (Å²) in [6, 6.07) is 0. The highest BCUT2D eigenvalue weighted by Gasteiger charge is 2.30. The first kappa shape index (κ1) is 19.6. The number of nitrogens with one attached hydrogen (secondary N) is 1. The van der Waals surface area contributed by atoms with Gasteiger partial charge in [-0.05, 0) is 19.8 Å². The molecule has 2 aromatic heterocycles. The molecule has 0 atom stereocenters. The van der Waals surface area contributed by atoms with Gasteiger partial charge in [-0.3, -0.25) is 9.59 Å². The van der Waals surface area contributed by atoms with E-state index in [9.17, 15) is 9.59 Å². The molecule has 1 aliphatic rings. The van der Waals surface area contributed by atoms with Gasteiger partial charge < -0.3 is 14.6 Å². The van der Waals surface area contributed by atoms with E-state index < -0.39 is 0 Å². The number of nitrogens with zero attached hydrogens (tertiary/aromatic N) is 4. The van der Waals surface area contributed by atoms with Crippen LogP contribution in [0.25, 0.3) is 0 Å². The maximum Gasteiger partial charge on any atom is 0.311 e. The molecule has 0 unspecified atom stereocenters. The lowest BCUT2D eigenvalue weighted by molar-refractivity contribution is -0.142. The summed E-state index contributed by atoms with van der Waals surface area (Å²) in [5.74, 6) is 1.14. The fraction of sp³-hybridized carbons (Fsp3) is 0.471. The Hall–Kier alpha value is -2.20. The van der Waals surface area contributed by atoms with Gasteiger partial charge >= 0.3 is 5.97 Å². The Balaban J connectivity index is 1.52. The summed E-state index contributed by atoms with van der Waals surface area (Å²) in [7, 11) is 0. The third-order valence-corrected chi connectivity index (χ3v) is 5.53. The van der Waals surface area contributed by atoms with Crippen LogP contribution in [-0.2, 0) is 27.3 Å². The minimum atomic E-state index is -0.329. The minimum absolute atomic E-state index is 0.101.